The van der Waals surface area contributed by atoms with Crippen LogP contribution >= 0.6 is 34.5 Å². The van der Waals surface area contributed by atoms with Gasteiger partial charge in [0.2, 0.25) is 0 Å². The molecule has 0 radical (unpaired) electrons. The molecule has 2 aromatic carbocycles. The van der Waals surface area contributed by atoms with Gasteiger partial charge in [0.1, 0.15) is 0 Å². The fourth-order valence-electron chi connectivity index (χ4n) is 3.32. The quantitative estimate of drug-likeness (QED) is 0.544. The van der Waals surface area contributed by atoms with Crippen molar-refractivity contribution >= 4 is 40.2 Å². The second kappa shape index (κ2) is 6.99. The number of aryl methyl sites for hydroxylation is 2. The molecule has 0 saturated carbocycles. The highest BCUT2D eigenvalue weighted by atomic mass is 35.5. The molecule has 4 rings (SSSR count). The van der Waals surface area contributed by atoms with Gasteiger partial charge in [0.05, 0.1) is 21.4 Å². The number of thiazole rings is 1. The first-order valence-electron chi connectivity index (χ1n) is 8.40. The Morgan fingerprint density at radius 1 is 1.00 bits per heavy atom. The van der Waals surface area contributed by atoms with Crippen LogP contribution < -0.4 is 5.73 Å². The molecule has 0 atom stereocenters. The molecule has 1 aromatic heterocycles. The van der Waals surface area contributed by atoms with Gasteiger partial charge in [-0.1, -0.05) is 35.3 Å². The Hall–Kier alpha value is -1.55. The minimum absolute atomic E-state index is 0.504. The van der Waals surface area contributed by atoms with E-state index in [1.165, 1.54) is 42.4 Å². The third-order valence-corrected chi connectivity index (χ3v) is 6.23. The molecule has 1 aliphatic carbocycles. The van der Waals surface area contributed by atoms with Crippen molar-refractivity contribution in [3.8, 4) is 11.3 Å². The maximum atomic E-state index is 6.29. The summed E-state index contributed by atoms with van der Waals surface area (Å²) in [5.41, 5.74) is 12.4. The molecule has 1 aliphatic rings. The number of hydrogen-bond donors (Lipinski definition) is 1. The second-order valence-electron chi connectivity index (χ2n) is 6.46. The summed E-state index contributed by atoms with van der Waals surface area (Å²) in [7, 11) is 0. The zero-order chi connectivity index (χ0) is 17.4. The summed E-state index contributed by atoms with van der Waals surface area (Å²) in [6.07, 6.45) is 5.63. The van der Waals surface area contributed by atoms with Crippen LogP contribution in [-0.2, 0) is 19.3 Å². The van der Waals surface area contributed by atoms with Crippen molar-refractivity contribution in [1.82, 2.24) is 4.98 Å². The Kier molecular flexibility index (Phi) is 4.72. The number of nitrogens with two attached hydrogens (primary N) is 1. The van der Waals surface area contributed by atoms with E-state index in [1.807, 2.05) is 6.07 Å². The number of halogens is 2. The molecule has 0 bridgehead atoms. The van der Waals surface area contributed by atoms with Crippen LogP contribution in [0, 0.1) is 0 Å². The van der Waals surface area contributed by atoms with E-state index in [-0.39, 0.29) is 0 Å². The molecule has 0 aliphatic heterocycles. The molecule has 25 heavy (non-hydrogen) atoms. The van der Waals surface area contributed by atoms with Crippen LogP contribution in [0.2, 0.25) is 10.0 Å². The second-order valence-corrected chi connectivity index (χ2v) is 8.22. The van der Waals surface area contributed by atoms with E-state index in [0.717, 1.165) is 16.3 Å². The topological polar surface area (TPSA) is 38.9 Å². The predicted octanol–water partition coefficient (Wildman–Crippen LogP) is 6.17. The minimum Gasteiger partial charge on any atom is -0.397 e. The van der Waals surface area contributed by atoms with Gasteiger partial charge >= 0.3 is 0 Å². The summed E-state index contributed by atoms with van der Waals surface area (Å²) in [4.78, 5) is 4.80. The van der Waals surface area contributed by atoms with E-state index in [0.29, 0.717) is 22.2 Å². The van der Waals surface area contributed by atoms with Gasteiger partial charge in [-0.25, -0.2) is 4.98 Å². The lowest BCUT2D eigenvalue weighted by molar-refractivity contribution is 0.686. The molecular weight excluding hydrogens is 371 g/mol. The number of aromatic nitrogens is 1. The van der Waals surface area contributed by atoms with E-state index >= 15 is 0 Å². The number of fused-ring (bicyclic) bond motifs is 1. The molecule has 1 heterocycles. The monoisotopic (exact) mass is 388 g/mol. The first kappa shape index (κ1) is 16.9. The molecule has 2 N–H and O–H groups in total. The maximum absolute atomic E-state index is 6.29. The average molecular weight is 389 g/mol. The van der Waals surface area contributed by atoms with E-state index < -0.39 is 0 Å². The summed E-state index contributed by atoms with van der Waals surface area (Å²) in [5, 5.41) is 4.31. The number of benzene rings is 2. The number of anilines is 1. The Balaban J connectivity index is 1.59. The first-order valence-corrected chi connectivity index (χ1v) is 10.0. The van der Waals surface area contributed by atoms with E-state index in [4.69, 9.17) is 33.9 Å². The van der Waals surface area contributed by atoms with Crippen LogP contribution in [0.1, 0.15) is 34.5 Å². The van der Waals surface area contributed by atoms with Gasteiger partial charge in [-0.05, 0) is 60.6 Å². The standard InChI is InChI=1S/C20H18Cl2N2S/c21-16-10-18(23)17(22)8-15(16)9-20-24-19(11-25-20)14-6-5-12-3-1-2-4-13(12)7-14/h5-8,10-11H,1-4,9,23H2. The maximum Gasteiger partial charge on any atom is 0.0977 e. The summed E-state index contributed by atoms with van der Waals surface area (Å²) in [6, 6.07) is 10.3. The van der Waals surface area contributed by atoms with Crippen molar-refractivity contribution in [2.24, 2.45) is 0 Å². The Bertz CT molecular complexity index is 933. The SMILES string of the molecule is Nc1cc(Cl)c(Cc2nc(-c3ccc4c(c3)CCCC4)cs2)cc1Cl. The van der Waals surface area contributed by atoms with Crippen LogP contribution in [0.3, 0.4) is 0 Å². The third-order valence-electron chi connectivity index (χ3n) is 4.70. The predicted molar refractivity (Wildman–Crippen MR) is 108 cm³/mol. The van der Waals surface area contributed by atoms with Crippen molar-refractivity contribution in [2.45, 2.75) is 32.1 Å². The molecule has 0 amide bonds. The van der Waals surface area contributed by atoms with Gasteiger partial charge < -0.3 is 5.73 Å². The summed E-state index contributed by atoms with van der Waals surface area (Å²) >= 11 is 14.1. The molecule has 2 nitrogen and oxygen atoms in total. The molecule has 0 fully saturated rings. The van der Waals surface area contributed by atoms with Crippen LogP contribution in [-0.4, -0.2) is 4.98 Å². The zero-order valence-electron chi connectivity index (χ0n) is 13.7. The molecule has 128 valence electrons. The third kappa shape index (κ3) is 3.55. The van der Waals surface area contributed by atoms with E-state index in [2.05, 4.69) is 23.6 Å². The van der Waals surface area contributed by atoms with E-state index in [1.54, 1.807) is 17.4 Å². The fourth-order valence-corrected chi connectivity index (χ4v) is 4.57. The Morgan fingerprint density at radius 2 is 1.80 bits per heavy atom. The molecule has 0 spiro atoms. The van der Waals surface area contributed by atoms with Crippen molar-refractivity contribution in [2.75, 3.05) is 5.73 Å². The smallest absolute Gasteiger partial charge is 0.0977 e. The van der Waals surface area contributed by atoms with Gasteiger partial charge in [0.15, 0.2) is 0 Å². The van der Waals surface area contributed by atoms with Crippen molar-refractivity contribution in [1.29, 1.82) is 0 Å². The lowest BCUT2D eigenvalue weighted by atomic mass is 9.90. The van der Waals surface area contributed by atoms with Crippen LogP contribution in [0.4, 0.5) is 5.69 Å². The van der Waals surface area contributed by atoms with E-state index in [9.17, 15) is 0 Å². The number of hydrogen-bond acceptors (Lipinski definition) is 3. The van der Waals surface area contributed by atoms with Gasteiger partial charge in [-0.2, -0.15) is 0 Å². The lowest BCUT2D eigenvalue weighted by Crippen LogP contribution is -2.02. The van der Waals surface area contributed by atoms with Crippen molar-refractivity contribution < 1.29 is 0 Å². The summed E-state index contributed by atoms with van der Waals surface area (Å²) < 4.78 is 0. The normalized spacial score (nSPS) is 13.7. The molecule has 5 heteroatoms. The molecular formula is C20H18Cl2N2S. The fraction of sp³-hybridized carbons (Fsp3) is 0.250. The molecule has 0 unspecified atom stereocenters. The molecule has 3 aromatic rings. The van der Waals surface area contributed by atoms with Crippen LogP contribution in [0.15, 0.2) is 35.7 Å². The Morgan fingerprint density at radius 3 is 2.64 bits per heavy atom. The van der Waals surface area contributed by atoms with Crippen LogP contribution in [0.5, 0.6) is 0 Å². The zero-order valence-corrected chi connectivity index (χ0v) is 16.0. The highest BCUT2D eigenvalue weighted by Gasteiger charge is 2.13. The minimum atomic E-state index is 0.504. The first-order chi connectivity index (χ1) is 12.1. The van der Waals surface area contributed by atoms with Crippen LogP contribution in [0.25, 0.3) is 11.3 Å². The van der Waals surface area contributed by atoms with Gasteiger partial charge in [-0.3, -0.25) is 0 Å². The summed E-state index contributed by atoms with van der Waals surface area (Å²) in [6.45, 7) is 0. The highest BCUT2D eigenvalue weighted by Crippen LogP contribution is 2.31. The number of nitrogens with zero attached hydrogens (tertiary/aromatic N) is 1. The largest absolute Gasteiger partial charge is 0.397 e. The van der Waals surface area contributed by atoms with Gasteiger partial charge in [-0.15, -0.1) is 11.3 Å². The average Bonchev–Trinajstić information content (AvgIpc) is 3.08. The van der Waals surface area contributed by atoms with Gasteiger partial charge in [0.25, 0.3) is 0 Å². The summed E-state index contributed by atoms with van der Waals surface area (Å²) in [5.74, 6) is 0. The van der Waals surface area contributed by atoms with Crippen molar-refractivity contribution in [3.63, 3.8) is 0 Å². The van der Waals surface area contributed by atoms with Gasteiger partial charge in [0, 0.05) is 22.4 Å². The lowest BCUT2D eigenvalue weighted by Gasteiger charge is -2.16. The highest BCUT2D eigenvalue weighted by molar-refractivity contribution is 7.10. The number of nitrogen functional groups attached to an aromatic ring is 1. The van der Waals surface area contributed by atoms with Crippen molar-refractivity contribution in [3.05, 3.63) is 67.5 Å². The number of rotatable bonds is 3. The Labute approximate surface area is 161 Å². The molecule has 0 saturated heterocycles.